The Bertz CT molecular complexity index is 906. The third-order valence-corrected chi connectivity index (χ3v) is 5.14. The van der Waals surface area contributed by atoms with Crippen LogP contribution in [0.15, 0.2) is 42.5 Å². The smallest absolute Gasteiger partial charge is 0.312 e. The van der Waals surface area contributed by atoms with Crippen LogP contribution in [0, 0.1) is 13.8 Å². The van der Waals surface area contributed by atoms with Gasteiger partial charge in [-0.1, -0.05) is 30.3 Å². The Morgan fingerprint density at radius 2 is 1.61 bits per heavy atom. The van der Waals surface area contributed by atoms with E-state index in [0.29, 0.717) is 31.7 Å². The van der Waals surface area contributed by atoms with Crippen LogP contribution in [0.3, 0.4) is 0 Å². The number of benzene rings is 2. The molecular formula is C22H25N3O3. The number of likely N-dealkylation sites (N-methyl/N-ethyl adjacent to an activating group) is 1. The lowest BCUT2D eigenvalue weighted by atomic mass is 10.1. The molecule has 0 atom stereocenters. The van der Waals surface area contributed by atoms with Gasteiger partial charge < -0.3 is 15.1 Å². The average molecular weight is 379 g/mol. The van der Waals surface area contributed by atoms with E-state index in [0.717, 1.165) is 11.1 Å². The molecule has 2 aromatic rings. The minimum Gasteiger partial charge on any atom is -0.348 e. The summed E-state index contributed by atoms with van der Waals surface area (Å²) in [6.45, 7) is 5.99. The summed E-state index contributed by atoms with van der Waals surface area (Å²) in [7, 11) is 1.63. The monoisotopic (exact) mass is 379 g/mol. The van der Waals surface area contributed by atoms with Gasteiger partial charge in [0, 0.05) is 38.8 Å². The molecule has 0 spiro atoms. The number of nitrogens with one attached hydrogen (secondary N) is 1. The molecule has 1 aliphatic rings. The molecule has 6 heteroatoms. The van der Waals surface area contributed by atoms with Gasteiger partial charge in [0.15, 0.2) is 0 Å². The molecule has 28 heavy (non-hydrogen) atoms. The molecular weight excluding hydrogens is 354 g/mol. The fourth-order valence-electron chi connectivity index (χ4n) is 3.10. The fourth-order valence-corrected chi connectivity index (χ4v) is 3.10. The maximum atomic E-state index is 12.4. The molecule has 0 bridgehead atoms. The second-order valence-electron chi connectivity index (χ2n) is 7.25. The van der Waals surface area contributed by atoms with E-state index in [2.05, 4.69) is 31.3 Å². The number of amides is 3. The van der Waals surface area contributed by atoms with Crippen molar-refractivity contribution in [1.82, 2.24) is 15.1 Å². The van der Waals surface area contributed by atoms with Gasteiger partial charge in [-0.3, -0.25) is 14.4 Å². The third kappa shape index (κ3) is 4.39. The van der Waals surface area contributed by atoms with Crippen molar-refractivity contribution in [1.29, 1.82) is 0 Å². The van der Waals surface area contributed by atoms with Gasteiger partial charge >= 0.3 is 11.8 Å². The Morgan fingerprint density at radius 1 is 0.929 bits per heavy atom. The maximum Gasteiger partial charge on any atom is 0.312 e. The summed E-state index contributed by atoms with van der Waals surface area (Å²) < 4.78 is 0. The van der Waals surface area contributed by atoms with Crippen LogP contribution in [0.25, 0.3) is 0 Å². The lowest BCUT2D eigenvalue weighted by molar-refractivity contribution is -0.155. The molecule has 2 aromatic carbocycles. The van der Waals surface area contributed by atoms with Gasteiger partial charge in [-0.15, -0.1) is 0 Å². The van der Waals surface area contributed by atoms with E-state index in [4.69, 9.17) is 0 Å². The molecule has 1 aliphatic heterocycles. The second kappa shape index (κ2) is 8.25. The van der Waals surface area contributed by atoms with Crippen LogP contribution < -0.4 is 5.32 Å². The highest BCUT2D eigenvalue weighted by Crippen LogP contribution is 2.12. The van der Waals surface area contributed by atoms with Gasteiger partial charge in [0.1, 0.15) is 0 Å². The number of carbonyl (C=O) groups excluding carboxylic acids is 3. The standard InChI is InChI=1S/C22H25N3O3/c1-15-4-5-18(12-16(15)2)13-23-20(26)19-8-6-17(7-9-19)14-25-11-10-24(3)21(27)22(25)28/h4-9,12H,10-11,13-14H2,1-3H3,(H,23,26). The summed E-state index contributed by atoms with van der Waals surface area (Å²) in [5.41, 5.74) is 4.94. The van der Waals surface area contributed by atoms with Crippen LogP contribution in [0.1, 0.15) is 32.6 Å². The number of aryl methyl sites for hydroxylation is 2. The van der Waals surface area contributed by atoms with Crippen LogP contribution >= 0.6 is 0 Å². The highest BCUT2D eigenvalue weighted by molar-refractivity contribution is 6.35. The topological polar surface area (TPSA) is 69.7 Å². The first-order valence-electron chi connectivity index (χ1n) is 9.33. The molecule has 3 amide bonds. The van der Waals surface area contributed by atoms with E-state index in [1.54, 1.807) is 19.2 Å². The molecule has 6 nitrogen and oxygen atoms in total. The average Bonchev–Trinajstić information content (AvgIpc) is 2.69. The molecule has 146 valence electrons. The Balaban J connectivity index is 1.57. The first-order chi connectivity index (χ1) is 13.3. The zero-order chi connectivity index (χ0) is 20.3. The number of hydrogen-bond acceptors (Lipinski definition) is 3. The molecule has 1 fully saturated rings. The fraction of sp³-hybridized carbons (Fsp3) is 0.318. The second-order valence-corrected chi connectivity index (χ2v) is 7.25. The summed E-state index contributed by atoms with van der Waals surface area (Å²) in [6.07, 6.45) is 0. The largest absolute Gasteiger partial charge is 0.348 e. The van der Waals surface area contributed by atoms with Crippen LogP contribution in [-0.4, -0.2) is 47.7 Å². The molecule has 1 heterocycles. The molecule has 0 aromatic heterocycles. The highest BCUT2D eigenvalue weighted by Gasteiger charge is 2.30. The SMILES string of the molecule is Cc1ccc(CNC(=O)c2ccc(CN3CCN(C)C(=O)C3=O)cc2)cc1C. The molecule has 3 rings (SSSR count). The number of rotatable bonds is 5. The van der Waals surface area contributed by atoms with Gasteiger partial charge in [-0.05, 0) is 48.2 Å². The molecule has 1 N–H and O–H groups in total. The predicted molar refractivity (Wildman–Crippen MR) is 107 cm³/mol. The summed E-state index contributed by atoms with van der Waals surface area (Å²) in [4.78, 5) is 39.2. The van der Waals surface area contributed by atoms with Gasteiger partial charge in [0.25, 0.3) is 5.91 Å². The quantitative estimate of drug-likeness (QED) is 0.809. The first kappa shape index (κ1) is 19.6. The molecule has 1 saturated heterocycles. The van der Waals surface area contributed by atoms with Crippen LogP contribution in [0.5, 0.6) is 0 Å². The lowest BCUT2D eigenvalue weighted by Crippen LogP contribution is -2.52. The van der Waals surface area contributed by atoms with Gasteiger partial charge in [-0.25, -0.2) is 0 Å². The zero-order valence-corrected chi connectivity index (χ0v) is 16.5. The van der Waals surface area contributed by atoms with Gasteiger partial charge in [0.05, 0.1) is 0 Å². The Hall–Kier alpha value is -3.15. The number of carbonyl (C=O) groups is 3. The van der Waals surface area contributed by atoms with Gasteiger partial charge in [-0.2, -0.15) is 0 Å². The van der Waals surface area contributed by atoms with Crippen molar-refractivity contribution in [2.75, 3.05) is 20.1 Å². The minimum atomic E-state index is -0.482. The van der Waals surface area contributed by atoms with Crippen molar-refractivity contribution in [2.24, 2.45) is 0 Å². The first-order valence-corrected chi connectivity index (χ1v) is 9.33. The van der Waals surface area contributed by atoms with E-state index in [-0.39, 0.29) is 5.91 Å². The molecule has 0 aliphatic carbocycles. The van der Waals surface area contributed by atoms with E-state index >= 15 is 0 Å². The third-order valence-electron chi connectivity index (χ3n) is 5.14. The van der Waals surface area contributed by atoms with E-state index in [9.17, 15) is 14.4 Å². The van der Waals surface area contributed by atoms with Crippen molar-refractivity contribution < 1.29 is 14.4 Å². The normalized spacial score (nSPS) is 14.4. The zero-order valence-electron chi connectivity index (χ0n) is 16.5. The summed E-state index contributed by atoms with van der Waals surface area (Å²) in [5.74, 6) is -1.10. The van der Waals surface area contributed by atoms with Crippen LogP contribution in [0.2, 0.25) is 0 Å². The summed E-state index contributed by atoms with van der Waals surface area (Å²) in [5, 5.41) is 2.93. The van der Waals surface area contributed by atoms with Crippen molar-refractivity contribution in [3.63, 3.8) is 0 Å². The van der Waals surface area contributed by atoms with E-state index in [1.165, 1.54) is 20.9 Å². The summed E-state index contributed by atoms with van der Waals surface area (Å²) >= 11 is 0. The van der Waals surface area contributed by atoms with Crippen molar-refractivity contribution in [2.45, 2.75) is 26.9 Å². The van der Waals surface area contributed by atoms with Crippen molar-refractivity contribution >= 4 is 17.7 Å². The number of piperazine rings is 1. The van der Waals surface area contributed by atoms with Crippen LogP contribution in [-0.2, 0) is 22.7 Å². The van der Waals surface area contributed by atoms with Crippen molar-refractivity contribution in [3.8, 4) is 0 Å². The summed E-state index contributed by atoms with van der Waals surface area (Å²) in [6, 6.07) is 13.3. The molecule has 0 radical (unpaired) electrons. The Labute approximate surface area is 165 Å². The van der Waals surface area contributed by atoms with Gasteiger partial charge in [0.2, 0.25) is 0 Å². The maximum absolute atomic E-state index is 12.4. The molecule has 0 saturated carbocycles. The lowest BCUT2D eigenvalue weighted by Gasteiger charge is -2.31. The Morgan fingerprint density at radius 3 is 2.29 bits per heavy atom. The predicted octanol–water partition coefficient (Wildman–Crippen LogP) is 2.03. The Kier molecular flexibility index (Phi) is 5.78. The van der Waals surface area contributed by atoms with E-state index in [1.807, 2.05) is 18.2 Å². The number of hydrogen-bond donors (Lipinski definition) is 1. The van der Waals surface area contributed by atoms with E-state index < -0.39 is 11.8 Å². The highest BCUT2D eigenvalue weighted by atomic mass is 16.2. The molecule has 0 unspecified atom stereocenters. The van der Waals surface area contributed by atoms with Crippen LogP contribution in [0.4, 0.5) is 0 Å². The number of nitrogens with zero attached hydrogens (tertiary/aromatic N) is 2. The minimum absolute atomic E-state index is 0.143. The van der Waals surface area contributed by atoms with Crippen molar-refractivity contribution in [3.05, 3.63) is 70.3 Å².